The van der Waals surface area contributed by atoms with Gasteiger partial charge in [-0.25, -0.2) is 13.8 Å². The number of thioether (sulfide) groups is 1. The van der Waals surface area contributed by atoms with Crippen molar-refractivity contribution in [3.8, 4) is 0 Å². The van der Waals surface area contributed by atoms with Gasteiger partial charge in [0.2, 0.25) is 0 Å². The summed E-state index contributed by atoms with van der Waals surface area (Å²) in [4.78, 5) is 20.9. The molecule has 1 amide bonds. The van der Waals surface area contributed by atoms with Crippen LogP contribution in [0.15, 0.2) is 52.4 Å². The number of benzene rings is 2. The molecule has 0 aromatic heterocycles. The van der Waals surface area contributed by atoms with E-state index in [1.165, 1.54) is 22.7 Å². The standard InChI is InChI=1S/C20H19F2N3OS/c1-4-25-19(26)18(11-13-5-8-15(9-6-13)24(2)3)27-20(25)23-17-10-7-14(21)12-16(17)22/h5-12H,4H2,1-3H3/b18-11+,23-20?. The number of amidine groups is 1. The summed E-state index contributed by atoms with van der Waals surface area (Å²) in [6, 6.07) is 11.0. The molecule has 0 atom stereocenters. The maximum absolute atomic E-state index is 13.9. The van der Waals surface area contributed by atoms with Gasteiger partial charge >= 0.3 is 0 Å². The molecular formula is C20H19F2N3OS. The van der Waals surface area contributed by atoms with Crippen molar-refractivity contribution in [2.24, 2.45) is 4.99 Å². The highest BCUT2D eigenvalue weighted by Gasteiger charge is 2.32. The van der Waals surface area contributed by atoms with Gasteiger partial charge in [-0.2, -0.15) is 0 Å². The molecule has 0 radical (unpaired) electrons. The zero-order valence-electron chi connectivity index (χ0n) is 15.2. The Morgan fingerprint density at radius 3 is 2.44 bits per heavy atom. The highest BCUT2D eigenvalue weighted by Crippen LogP contribution is 2.34. The molecule has 0 unspecified atom stereocenters. The molecule has 1 aliphatic rings. The Morgan fingerprint density at radius 1 is 1.15 bits per heavy atom. The van der Waals surface area contributed by atoms with Crippen molar-refractivity contribution >= 4 is 40.3 Å². The van der Waals surface area contributed by atoms with Gasteiger partial charge in [0.1, 0.15) is 11.5 Å². The highest BCUT2D eigenvalue weighted by atomic mass is 32.2. The Balaban J connectivity index is 1.91. The number of rotatable bonds is 4. The van der Waals surface area contributed by atoms with Gasteiger partial charge in [-0.05, 0) is 54.6 Å². The molecule has 4 nitrogen and oxygen atoms in total. The Kier molecular flexibility index (Phi) is 5.60. The molecule has 0 spiro atoms. The summed E-state index contributed by atoms with van der Waals surface area (Å²) in [6.07, 6.45) is 1.79. The van der Waals surface area contributed by atoms with Crippen LogP contribution in [0.3, 0.4) is 0 Å². The van der Waals surface area contributed by atoms with Gasteiger partial charge in [-0.1, -0.05) is 12.1 Å². The van der Waals surface area contributed by atoms with E-state index >= 15 is 0 Å². The number of halogens is 2. The lowest BCUT2D eigenvalue weighted by atomic mass is 10.2. The maximum Gasteiger partial charge on any atom is 0.266 e. The smallest absolute Gasteiger partial charge is 0.266 e. The van der Waals surface area contributed by atoms with Crippen LogP contribution < -0.4 is 4.90 Å². The van der Waals surface area contributed by atoms with E-state index in [1.807, 2.05) is 50.2 Å². The van der Waals surface area contributed by atoms with Crippen LogP contribution in [0, 0.1) is 11.6 Å². The fourth-order valence-electron chi connectivity index (χ4n) is 2.57. The molecule has 3 rings (SSSR count). The lowest BCUT2D eigenvalue weighted by Gasteiger charge is -2.12. The number of hydrogen-bond donors (Lipinski definition) is 0. The summed E-state index contributed by atoms with van der Waals surface area (Å²) in [5, 5.41) is 0.379. The van der Waals surface area contributed by atoms with E-state index in [1.54, 1.807) is 6.08 Å². The van der Waals surface area contributed by atoms with Gasteiger partial charge in [0.25, 0.3) is 5.91 Å². The Morgan fingerprint density at radius 2 is 1.85 bits per heavy atom. The van der Waals surface area contributed by atoms with E-state index < -0.39 is 11.6 Å². The fraction of sp³-hybridized carbons (Fsp3) is 0.200. The number of hydrogen-bond acceptors (Lipinski definition) is 4. The van der Waals surface area contributed by atoms with Crippen LogP contribution in [-0.2, 0) is 4.79 Å². The van der Waals surface area contributed by atoms with Crippen LogP contribution in [0.25, 0.3) is 6.08 Å². The van der Waals surface area contributed by atoms with Gasteiger partial charge in [0.05, 0.1) is 4.91 Å². The van der Waals surface area contributed by atoms with Crippen LogP contribution in [0.5, 0.6) is 0 Å². The summed E-state index contributed by atoms with van der Waals surface area (Å²) in [5.74, 6) is -1.61. The maximum atomic E-state index is 13.9. The number of anilines is 1. The Labute approximate surface area is 161 Å². The monoisotopic (exact) mass is 387 g/mol. The predicted molar refractivity (Wildman–Crippen MR) is 107 cm³/mol. The lowest BCUT2D eigenvalue weighted by Crippen LogP contribution is -2.28. The third kappa shape index (κ3) is 4.19. The average Bonchev–Trinajstić information content (AvgIpc) is 2.92. The number of carbonyl (C=O) groups excluding carboxylic acids is 1. The average molecular weight is 387 g/mol. The van der Waals surface area contributed by atoms with E-state index in [4.69, 9.17) is 0 Å². The minimum atomic E-state index is -0.761. The number of carbonyl (C=O) groups is 1. The first kappa shape index (κ1) is 19.1. The molecule has 1 fully saturated rings. The fourth-order valence-corrected chi connectivity index (χ4v) is 3.62. The van der Waals surface area contributed by atoms with Crippen molar-refractivity contribution in [3.05, 3.63) is 64.6 Å². The first-order valence-corrected chi connectivity index (χ1v) is 9.23. The zero-order chi connectivity index (χ0) is 19.6. The molecule has 0 N–H and O–H groups in total. The molecule has 0 aliphatic carbocycles. The summed E-state index contributed by atoms with van der Waals surface area (Å²) >= 11 is 1.18. The predicted octanol–water partition coefficient (Wildman–Crippen LogP) is 4.65. The van der Waals surface area contributed by atoms with Crippen LogP contribution in [0.1, 0.15) is 12.5 Å². The molecular weight excluding hydrogens is 368 g/mol. The van der Waals surface area contributed by atoms with Crippen molar-refractivity contribution in [3.63, 3.8) is 0 Å². The molecule has 0 saturated carbocycles. The van der Waals surface area contributed by atoms with Gasteiger partial charge in [-0.15, -0.1) is 0 Å². The number of aliphatic imine (C=N–C) groups is 1. The van der Waals surface area contributed by atoms with Gasteiger partial charge in [0.15, 0.2) is 11.0 Å². The minimum Gasteiger partial charge on any atom is -0.378 e. The van der Waals surface area contributed by atoms with Crippen LogP contribution in [0.4, 0.5) is 20.2 Å². The van der Waals surface area contributed by atoms with Gasteiger partial charge in [-0.3, -0.25) is 9.69 Å². The summed E-state index contributed by atoms with van der Waals surface area (Å²) in [7, 11) is 3.92. The lowest BCUT2D eigenvalue weighted by molar-refractivity contribution is -0.122. The third-order valence-electron chi connectivity index (χ3n) is 4.04. The first-order chi connectivity index (χ1) is 12.9. The van der Waals surface area contributed by atoms with Crippen molar-refractivity contribution in [1.82, 2.24) is 4.90 Å². The topological polar surface area (TPSA) is 35.9 Å². The highest BCUT2D eigenvalue weighted by molar-refractivity contribution is 8.18. The minimum absolute atomic E-state index is 0.00161. The molecule has 7 heteroatoms. The molecule has 27 heavy (non-hydrogen) atoms. The number of nitrogens with zero attached hydrogens (tertiary/aromatic N) is 3. The summed E-state index contributed by atoms with van der Waals surface area (Å²) in [6.45, 7) is 2.23. The van der Waals surface area contributed by atoms with Gasteiger partial charge < -0.3 is 4.90 Å². The molecule has 1 heterocycles. The summed E-state index contributed by atoms with van der Waals surface area (Å²) < 4.78 is 27.0. The van der Waals surface area contributed by atoms with Gasteiger partial charge in [0, 0.05) is 32.4 Å². The quantitative estimate of drug-likeness (QED) is 0.716. The van der Waals surface area contributed by atoms with Crippen LogP contribution in [0.2, 0.25) is 0 Å². The molecule has 0 bridgehead atoms. The molecule has 1 aliphatic heterocycles. The van der Waals surface area contributed by atoms with Crippen molar-refractivity contribution in [2.45, 2.75) is 6.92 Å². The SMILES string of the molecule is CCN1C(=O)/C(=C\c2ccc(N(C)C)cc2)SC1=Nc1ccc(F)cc1F. The second kappa shape index (κ2) is 7.92. The second-order valence-corrected chi connectivity index (χ2v) is 7.15. The molecule has 140 valence electrons. The van der Waals surface area contributed by atoms with E-state index in [0.29, 0.717) is 16.6 Å². The van der Waals surface area contributed by atoms with Crippen molar-refractivity contribution in [1.29, 1.82) is 0 Å². The van der Waals surface area contributed by atoms with E-state index in [-0.39, 0.29) is 11.6 Å². The first-order valence-electron chi connectivity index (χ1n) is 8.41. The number of amides is 1. The van der Waals surface area contributed by atoms with Crippen LogP contribution in [-0.4, -0.2) is 36.6 Å². The van der Waals surface area contributed by atoms with E-state index in [2.05, 4.69) is 4.99 Å². The second-order valence-electron chi connectivity index (χ2n) is 6.14. The van der Waals surface area contributed by atoms with E-state index in [9.17, 15) is 13.6 Å². The third-order valence-corrected chi connectivity index (χ3v) is 5.04. The number of likely N-dealkylation sites (N-methyl/N-ethyl adjacent to an activating group) is 1. The van der Waals surface area contributed by atoms with Crippen molar-refractivity contribution < 1.29 is 13.6 Å². The molecule has 2 aromatic carbocycles. The normalized spacial score (nSPS) is 17.2. The van der Waals surface area contributed by atoms with E-state index in [0.717, 1.165) is 23.4 Å². The van der Waals surface area contributed by atoms with Crippen molar-refractivity contribution in [2.75, 3.05) is 25.5 Å². The Hall–Kier alpha value is -2.67. The largest absolute Gasteiger partial charge is 0.378 e. The summed E-state index contributed by atoms with van der Waals surface area (Å²) in [5.41, 5.74) is 1.95. The molecule has 1 saturated heterocycles. The van der Waals surface area contributed by atoms with Crippen LogP contribution >= 0.6 is 11.8 Å². The Bertz CT molecular complexity index is 923. The molecule has 2 aromatic rings. The zero-order valence-corrected chi connectivity index (χ0v) is 16.1.